The molecule has 4 rings (SSSR count). The summed E-state index contributed by atoms with van der Waals surface area (Å²) in [5, 5.41) is 18.3. The highest BCUT2D eigenvalue weighted by atomic mass is 16.5. The van der Waals surface area contributed by atoms with Gasteiger partial charge in [0.05, 0.1) is 24.3 Å². The molecule has 1 aliphatic rings. The number of hydrogen-bond acceptors (Lipinski definition) is 6. The SMILES string of the molecule is CC[C@@H]1CN(Cc2cc([C@@H](OCc3cn(CC)nn3)C(C)(C)C(=O)O)ccc2C)Cc2ccccc2O1. The Morgan fingerprint density at radius 3 is 2.73 bits per heavy atom. The second kappa shape index (κ2) is 11.4. The lowest BCUT2D eigenvalue weighted by atomic mass is 9.81. The maximum Gasteiger partial charge on any atom is 0.312 e. The van der Waals surface area contributed by atoms with Crippen LogP contribution in [0.2, 0.25) is 0 Å². The van der Waals surface area contributed by atoms with Gasteiger partial charge in [-0.25, -0.2) is 0 Å². The lowest BCUT2D eigenvalue weighted by molar-refractivity contribution is -0.158. The highest BCUT2D eigenvalue weighted by Gasteiger charge is 2.39. The summed E-state index contributed by atoms with van der Waals surface area (Å²) in [7, 11) is 0. The Hall–Kier alpha value is -3.23. The molecule has 0 aliphatic carbocycles. The van der Waals surface area contributed by atoms with Gasteiger partial charge in [0.15, 0.2) is 0 Å². The van der Waals surface area contributed by atoms with Crippen LogP contribution in [0.3, 0.4) is 0 Å². The van der Waals surface area contributed by atoms with E-state index in [9.17, 15) is 9.90 Å². The van der Waals surface area contributed by atoms with Gasteiger partial charge >= 0.3 is 5.97 Å². The molecule has 198 valence electrons. The third-order valence-corrected chi connectivity index (χ3v) is 7.16. The average molecular weight is 507 g/mol. The number of ether oxygens (including phenoxy) is 2. The Kier molecular flexibility index (Phi) is 8.29. The predicted molar refractivity (Wildman–Crippen MR) is 141 cm³/mol. The fourth-order valence-electron chi connectivity index (χ4n) is 4.72. The number of fused-ring (bicyclic) bond motifs is 1. The number of para-hydroxylation sites is 1. The number of aryl methyl sites for hydroxylation is 2. The molecule has 3 aromatic rings. The van der Waals surface area contributed by atoms with Crippen LogP contribution in [-0.2, 0) is 35.8 Å². The van der Waals surface area contributed by atoms with E-state index in [1.807, 2.05) is 37.4 Å². The molecule has 2 aromatic carbocycles. The van der Waals surface area contributed by atoms with Crippen LogP contribution in [0.1, 0.15) is 68.2 Å². The smallest absolute Gasteiger partial charge is 0.312 e. The number of rotatable bonds is 10. The molecule has 8 nitrogen and oxygen atoms in total. The first-order valence-electron chi connectivity index (χ1n) is 13.0. The van der Waals surface area contributed by atoms with E-state index in [2.05, 4.69) is 47.3 Å². The van der Waals surface area contributed by atoms with Gasteiger partial charge in [-0.15, -0.1) is 5.10 Å². The summed E-state index contributed by atoms with van der Waals surface area (Å²) in [5.74, 6) is 0.0444. The van der Waals surface area contributed by atoms with Gasteiger partial charge in [0.25, 0.3) is 0 Å². The molecule has 1 aromatic heterocycles. The summed E-state index contributed by atoms with van der Waals surface area (Å²) in [6, 6.07) is 14.4. The number of carboxylic acid groups (broad SMARTS) is 1. The van der Waals surface area contributed by atoms with Crippen molar-refractivity contribution in [2.45, 2.75) is 79.5 Å². The van der Waals surface area contributed by atoms with E-state index in [1.54, 1.807) is 18.5 Å². The van der Waals surface area contributed by atoms with Crippen LogP contribution in [0.4, 0.5) is 0 Å². The number of carbonyl (C=O) groups is 1. The minimum absolute atomic E-state index is 0.116. The second-order valence-electron chi connectivity index (χ2n) is 10.4. The first-order chi connectivity index (χ1) is 17.7. The van der Waals surface area contributed by atoms with E-state index in [0.717, 1.165) is 48.5 Å². The number of benzene rings is 2. The summed E-state index contributed by atoms with van der Waals surface area (Å²) < 4.78 is 14.3. The second-order valence-corrected chi connectivity index (χ2v) is 10.4. The van der Waals surface area contributed by atoms with E-state index in [4.69, 9.17) is 9.47 Å². The normalized spacial score (nSPS) is 17.1. The molecule has 2 heterocycles. The predicted octanol–water partition coefficient (Wildman–Crippen LogP) is 5.15. The largest absolute Gasteiger partial charge is 0.489 e. The van der Waals surface area contributed by atoms with Crippen molar-refractivity contribution >= 4 is 5.97 Å². The van der Waals surface area contributed by atoms with Crippen LogP contribution in [0, 0.1) is 12.3 Å². The molecule has 1 aliphatic heterocycles. The zero-order valence-electron chi connectivity index (χ0n) is 22.5. The van der Waals surface area contributed by atoms with Gasteiger partial charge in [-0.05, 0) is 56.9 Å². The minimum atomic E-state index is -1.14. The van der Waals surface area contributed by atoms with Gasteiger partial charge < -0.3 is 14.6 Å². The third kappa shape index (κ3) is 6.19. The van der Waals surface area contributed by atoms with Crippen LogP contribution >= 0.6 is 0 Å². The van der Waals surface area contributed by atoms with E-state index < -0.39 is 17.5 Å². The number of hydrogen-bond donors (Lipinski definition) is 1. The summed E-state index contributed by atoms with van der Waals surface area (Å²) >= 11 is 0. The number of nitrogens with zero attached hydrogens (tertiary/aromatic N) is 4. The first-order valence-corrected chi connectivity index (χ1v) is 13.0. The molecule has 2 atom stereocenters. The van der Waals surface area contributed by atoms with Gasteiger partial charge in [0.1, 0.15) is 17.5 Å². The topological polar surface area (TPSA) is 89.7 Å². The fraction of sp³-hybridized carbons (Fsp3) is 0.483. The number of aromatic nitrogens is 3. The molecule has 1 N–H and O–H groups in total. The van der Waals surface area contributed by atoms with Gasteiger partial charge in [-0.1, -0.05) is 48.5 Å². The summed E-state index contributed by atoms with van der Waals surface area (Å²) in [5.41, 5.74) is 3.87. The molecule has 0 saturated heterocycles. The molecular formula is C29H38N4O4. The van der Waals surface area contributed by atoms with Gasteiger partial charge in [-0.3, -0.25) is 14.4 Å². The standard InChI is InChI=1S/C29H38N4O4/c1-6-25-18-32(15-22-10-8-9-11-26(22)37-25)16-23-14-21(13-12-20(23)3)27(29(4,5)28(34)35)36-19-24-17-33(7-2)31-30-24/h8-14,17,25,27H,6-7,15-16,18-19H2,1-5H3,(H,34,35)/t25-,27-/m1/s1. The fourth-order valence-corrected chi connectivity index (χ4v) is 4.72. The zero-order chi connectivity index (χ0) is 26.6. The summed E-state index contributed by atoms with van der Waals surface area (Å²) in [6.07, 6.45) is 2.21. The quantitative estimate of drug-likeness (QED) is 0.407. The van der Waals surface area contributed by atoms with Crippen molar-refractivity contribution in [1.29, 1.82) is 0 Å². The van der Waals surface area contributed by atoms with E-state index in [0.29, 0.717) is 12.2 Å². The maximum absolute atomic E-state index is 12.3. The molecule has 0 unspecified atom stereocenters. The number of carboxylic acids is 1. The highest BCUT2D eigenvalue weighted by Crippen LogP contribution is 2.38. The van der Waals surface area contributed by atoms with Crippen molar-refractivity contribution in [1.82, 2.24) is 19.9 Å². The third-order valence-electron chi connectivity index (χ3n) is 7.16. The summed E-state index contributed by atoms with van der Waals surface area (Å²) in [6.45, 7) is 12.9. The van der Waals surface area contributed by atoms with Crippen molar-refractivity contribution in [2.75, 3.05) is 6.54 Å². The summed E-state index contributed by atoms with van der Waals surface area (Å²) in [4.78, 5) is 14.7. The minimum Gasteiger partial charge on any atom is -0.489 e. The molecule has 0 saturated carbocycles. The number of aliphatic carboxylic acids is 1. The van der Waals surface area contributed by atoms with Gasteiger partial charge in [-0.2, -0.15) is 0 Å². The van der Waals surface area contributed by atoms with E-state index in [-0.39, 0.29) is 12.7 Å². The van der Waals surface area contributed by atoms with Crippen molar-refractivity contribution in [3.63, 3.8) is 0 Å². The molecule has 37 heavy (non-hydrogen) atoms. The molecule has 0 amide bonds. The zero-order valence-corrected chi connectivity index (χ0v) is 22.5. The van der Waals surface area contributed by atoms with Crippen molar-refractivity contribution < 1.29 is 19.4 Å². The van der Waals surface area contributed by atoms with Crippen LogP contribution < -0.4 is 4.74 Å². The van der Waals surface area contributed by atoms with Gasteiger partial charge in [0, 0.05) is 31.7 Å². The van der Waals surface area contributed by atoms with Crippen molar-refractivity contribution in [3.8, 4) is 5.75 Å². The molecule has 0 spiro atoms. The highest BCUT2D eigenvalue weighted by molar-refractivity contribution is 5.74. The lowest BCUT2D eigenvalue weighted by Crippen LogP contribution is -2.34. The monoisotopic (exact) mass is 506 g/mol. The Bertz CT molecular complexity index is 1220. The Morgan fingerprint density at radius 2 is 2.03 bits per heavy atom. The molecule has 0 fully saturated rings. The molecule has 0 radical (unpaired) electrons. The lowest BCUT2D eigenvalue weighted by Gasteiger charge is -2.31. The first kappa shape index (κ1) is 26.8. The van der Waals surface area contributed by atoms with Gasteiger partial charge in [0.2, 0.25) is 0 Å². The van der Waals surface area contributed by atoms with Crippen LogP contribution in [0.5, 0.6) is 5.75 Å². The molecular weight excluding hydrogens is 468 g/mol. The van der Waals surface area contributed by atoms with E-state index >= 15 is 0 Å². The Morgan fingerprint density at radius 1 is 1.24 bits per heavy atom. The molecule has 8 heteroatoms. The average Bonchev–Trinajstić information content (AvgIpc) is 3.26. The van der Waals surface area contributed by atoms with Crippen LogP contribution in [0.15, 0.2) is 48.7 Å². The Labute approximate surface area is 219 Å². The Balaban J connectivity index is 1.60. The maximum atomic E-state index is 12.3. The van der Waals surface area contributed by atoms with Crippen molar-refractivity contribution in [3.05, 3.63) is 76.6 Å². The molecule has 0 bridgehead atoms. The van der Waals surface area contributed by atoms with Crippen LogP contribution in [0.25, 0.3) is 0 Å². The van der Waals surface area contributed by atoms with Crippen LogP contribution in [-0.4, -0.2) is 43.6 Å². The van der Waals surface area contributed by atoms with Crippen molar-refractivity contribution in [2.24, 2.45) is 5.41 Å². The van der Waals surface area contributed by atoms with E-state index in [1.165, 1.54) is 5.56 Å².